The van der Waals surface area contributed by atoms with Crippen LogP contribution in [-0.4, -0.2) is 64.6 Å². The van der Waals surface area contributed by atoms with Crippen LogP contribution in [0.3, 0.4) is 0 Å². The number of carboxylic acids is 1. The van der Waals surface area contributed by atoms with Crippen LogP contribution in [0.2, 0.25) is 0 Å². The van der Waals surface area contributed by atoms with Crippen molar-refractivity contribution in [3.05, 3.63) is 24.0 Å². The first-order chi connectivity index (χ1) is 9.54. The van der Waals surface area contributed by atoms with Crippen LogP contribution in [0.1, 0.15) is 5.69 Å². The second kappa shape index (κ2) is 6.33. The molecule has 2 heterocycles. The maximum Gasteiger partial charge on any atom is 0.321 e. The fourth-order valence-electron chi connectivity index (χ4n) is 2.04. The lowest BCUT2D eigenvalue weighted by Crippen LogP contribution is -2.51. The van der Waals surface area contributed by atoms with Gasteiger partial charge >= 0.3 is 12.0 Å². The van der Waals surface area contributed by atoms with Gasteiger partial charge < -0.3 is 15.3 Å². The van der Waals surface area contributed by atoms with Crippen LogP contribution in [0.4, 0.5) is 10.5 Å². The number of pyridine rings is 1. The molecule has 0 unspecified atom stereocenters. The highest BCUT2D eigenvalue weighted by atomic mass is 16.4. The molecule has 0 saturated carbocycles. The predicted molar refractivity (Wildman–Crippen MR) is 73.6 cm³/mol. The van der Waals surface area contributed by atoms with E-state index in [1.807, 2.05) is 17.9 Å². The van der Waals surface area contributed by atoms with E-state index < -0.39 is 5.97 Å². The number of hydrogen-bond acceptors (Lipinski definition) is 4. The van der Waals surface area contributed by atoms with E-state index in [0.717, 1.165) is 5.69 Å². The number of nitrogens with one attached hydrogen (secondary N) is 1. The number of carbonyl (C=O) groups excluding carboxylic acids is 1. The van der Waals surface area contributed by atoms with Crippen molar-refractivity contribution < 1.29 is 14.7 Å². The summed E-state index contributed by atoms with van der Waals surface area (Å²) in [6.07, 6.45) is 1.62. The van der Waals surface area contributed by atoms with Gasteiger partial charge in [-0.1, -0.05) is 0 Å². The van der Waals surface area contributed by atoms with Crippen LogP contribution in [0.5, 0.6) is 0 Å². The number of carboxylic acid groups (broad SMARTS) is 1. The lowest BCUT2D eigenvalue weighted by Gasteiger charge is -2.33. The van der Waals surface area contributed by atoms with Gasteiger partial charge in [-0.25, -0.2) is 4.79 Å². The number of amides is 2. The van der Waals surface area contributed by atoms with Crippen LogP contribution >= 0.6 is 0 Å². The molecule has 0 aliphatic carbocycles. The Morgan fingerprint density at radius 2 is 2.00 bits per heavy atom. The predicted octanol–water partition coefficient (Wildman–Crippen LogP) is 0.624. The first-order valence-corrected chi connectivity index (χ1v) is 6.47. The zero-order valence-electron chi connectivity index (χ0n) is 11.4. The first-order valence-electron chi connectivity index (χ1n) is 6.47. The number of aryl methyl sites for hydroxylation is 1. The molecule has 2 amide bonds. The number of urea groups is 1. The summed E-state index contributed by atoms with van der Waals surface area (Å²) in [5.41, 5.74) is 1.55. The summed E-state index contributed by atoms with van der Waals surface area (Å²) in [6.45, 7) is 4.11. The van der Waals surface area contributed by atoms with Gasteiger partial charge in [0.25, 0.3) is 0 Å². The number of aliphatic carboxylic acids is 1. The summed E-state index contributed by atoms with van der Waals surface area (Å²) in [4.78, 5) is 30.3. The smallest absolute Gasteiger partial charge is 0.321 e. The molecule has 0 aromatic carbocycles. The second-order valence-electron chi connectivity index (χ2n) is 4.78. The van der Waals surface area contributed by atoms with Crippen molar-refractivity contribution in [1.82, 2.24) is 14.8 Å². The van der Waals surface area contributed by atoms with E-state index in [1.165, 1.54) is 0 Å². The maximum absolute atomic E-state index is 12.0. The van der Waals surface area contributed by atoms with Crippen LogP contribution in [0, 0.1) is 6.92 Å². The molecular formula is C13H18N4O3. The van der Waals surface area contributed by atoms with E-state index in [1.54, 1.807) is 17.2 Å². The zero-order chi connectivity index (χ0) is 14.5. The Balaban J connectivity index is 1.82. The Morgan fingerprint density at radius 3 is 2.55 bits per heavy atom. The molecule has 1 fully saturated rings. The van der Waals surface area contributed by atoms with Crippen molar-refractivity contribution in [2.24, 2.45) is 0 Å². The molecule has 1 aromatic heterocycles. The van der Waals surface area contributed by atoms with Crippen molar-refractivity contribution in [3.8, 4) is 0 Å². The molecule has 0 spiro atoms. The van der Waals surface area contributed by atoms with Crippen molar-refractivity contribution in [2.75, 3.05) is 38.0 Å². The average Bonchev–Trinajstić information content (AvgIpc) is 2.41. The number of aromatic nitrogens is 1. The lowest BCUT2D eigenvalue weighted by molar-refractivity contribution is -0.138. The largest absolute Gasteiger partial charge is 0.480 e. The molecule has 20 heavy (non-hydrogen) atoms. The highest BCUT2D eigenvalue weighted by Gasteiger charge is 2.22. The molecule has 1 saturated heterocycles. The minimum atomic E-state index is -0.839. The first kappa shape index (κ1) is 14.3. The van der Waals surface area contributed by atoms with Gasteiger partial charge in [0.05, 0.1) is 18.4 Å². The fourth-order valence-corrected chi connectivity index (χ4v) is 2.04. The maximum atomic E-state index is 12.0. The van der Waals surface area contributed by atoms with Crippen molar-refractivity contribution in [3.63, 3.8) is 0 Å². The highest BCUT2D eigenvalue weighted by molar-refractivity contribution is 5.89. The number of anilines is 1. The van der Waals surface area contributed by atoms with Crippen LogP contribution in [0.15, 0.2) is 18.3 Å². The van der Waals surface area contributed by atoms with Crippen molar-refractivity contribution in [2.45, 2.75) is 6.92 Å². The normalized spacial score (nSPS) is 15.9. The zero-order valence-corrected chi connectivity index (χ0v) is 11.4. The standard InChI is InChI=1S/C13H18N4O3/c1-10-2-3-11(8-14-10)15-13(20)17-6-4-16(5-7-17)9-12(18)19/h2-3,8H,4-7,9H2,1H3,(H,15,20)(H,18,19). The van der Waals surface area contributed by atoms with E-state index in [-0.39, 0.29) is 12.6 Å². The van der Waals surface area contributed by atoms with Crippen molar-refractivity contribution in [1.29, 1.82) is 0 Å². The Bertz CT molecular complexity index is 481. The molecular weight excluding hydrogens is 260 g/mol. The summed E-state index contributed by atoms with van der Waals surface area (Å²) >= 11 is 0. The minimum absolute atomic E-state index is 0.0251. The van der Waals surface area contributed by atoms with Crippen molar-refractivity contribution >= 4 is 17.7 Å². The van der Waals surface area contributed by atoms with E-state index in [9.17, 15) is 9.59 Å². The van der Waals surface area contributed by atoms with E-state index in [4.69, 9.17) is 5.11 Å². The van der Waals surface area contributed by atoms with Gasteiger partial charge in [0, 0.05) is 31.9 Å². The number of rotatable bonds is 3. The SMILES string of the molecule is Cc1ccc(NC(=O)N2CCN(CC(=O)O)CC2)cn1. The fraction of sp³-hybridized carbons (Fsp3) is 0.462. The molecule has 2 rings (SSSR count). The molecule has 0 atom stereocenters. The quantitative estimate of drug-likeness (QED) is 0.846. The molecule has 0 radical (unpaired) electrons. The molecule has 7 heteroatoms. The van der Waals surface area contributed by atoms with Crippen LogP contribution < -0.4 is 5.32 Å². The second-order valence-corrected chi connectivity index (χ2v) is 4.78. The Morgan fingerprint density at radius 1 is 1.30 bits per heavy atom. The number of carbonyl (C=O) groups is 2. The third-order valence-electron chi connectivity index (χ3n) is 3.18. The summed E-state index contributed by atoms with van der Waals surface area (Å²) in [5.74, 6) is -0.839. The molecule has 7 nitrogen and oxygen atoms in total. The molecule has 0 bridgehead atoms. The van der Waals surface area contributed by atoms with Gasteiger partial charge in [-0.15, -0.1) is 0 Å². The third-order valence-corrected chi connectivity index (χ3v) is 3.18. The Kier molecular flexibility index (Phi) is 4.52. The Hall–Kier alpha value is -2.15. The molecule has 108 valence electrons. The molecule has 1 aliphatic rings. The number of piperazine rings is 1. The Labute approximate surface area is 117 Å². The number of nitrogens with zero attached hydrogens (tertiary/aromatic N) is 3. The van der Waals surface area contributed by atoms with Gasteiger partial charge in [0.2, 0.25) is 0 Å². The molecule has 2 N–H and O–H groups in total. The highest BCUT2D eigenvalue weighted by Crippen LogP contribution is 2.08. The van der Waals surface area contributed by atoms with E-state index in [0.29, 0.717) is 31.9 Å². The molecule has 1 aliphatic heterocycles. The third kappa shape index (κ3) is 3.92. The summed E-state index contributed by atoms with van der Waals surface area (Å²) in [5, 5.41) is 11.5. The van der Waals surface area contributed by atoms with Gasteiger partial charge in [0.1, 0.15) is 0 Å². The van der Waals surface area contributed by atoms with E-state index in [2.05, 4.69) is 10.3 Å². The van der Waals surface area contributed by atoms with Crippen LogP contribution in [0.25, 0.3) is 0 Å². The summed E-state index contributed by atoms with van der Waals surface area (Å²) in [6, 6.07) is 3.46. The van der Waals surface area contributed by atoms with Gasteiger partial charge in [-0.2, -0.15) is 0 Å². The monoisotopic (exact) mass is 278 g/mol. The topological polar surface area (TPSA) is 85.8 Å². The average molecular weight is 278 g/mol. The summed E-state index contributed by atoms with van der Waals surface area (Å²) in [7, 11) is 0. The minimum Gasteiger partial charge on any atom is -0.480 e. The van der Waals surface area contributed by atoms with Crippen LogP contribution in [-0.2, 0) is 4.79 Å². The van der Waals surface area contributed by atoms with Gasteiger partial charge in [0.15, 0.2) is 0 Å². The van der Waals surface area contributed by atoms with E-state index >= 15 is 0 Å². The van der Waals surface area contributed by atoms with Gasteiger partial charge in [-0.05, 0) is 19.1 Å². The summed E-state index contributed by atoms with van der Waals surface area (Å²) < 4.78 is 0. The lowest BCUT2D eigenvalue weighted by atomic mass is 10.3. The van der Waals surface area contributed by atoms with Gasteiger partial charge in [-0.3, -0.25) is 14.7 Å². The molecule has 1 aromatic rings. The number of hydrogen-bond donors (Lipinski definition) is 2.